The largest absolute Gasteiger partial charge is 0.462 e. The number of thiophene rings is 1. The highest BCUT2D eigenvalue weighted by atomic mass is 32.1. The summed E-state index contributed by atoms with van der Waals surface area (Å²) in [5.41, 5.74) is 5.00. The molecule has 3 rings (SSSR count). The third-order valence-electron chi connectivity index (χ3n) is 5.14. The summed E-state index contributed by atoms with van der Waals surface area (Å²) in [5, 5.41) is 5.98. The molecular formula is C25H26N2O4S. The number of amides is 2. The quantitative estimate of drug-likeness (QED) is 0.474. The summed E-state index contributed by atoms with van der Waals surface area (Å²) in [7, 11) is 0. The van der Waals surface area contributed by atoms with Crippen molar-refractivity contribution in [1.82, 2.24) is 0 Å². The molecule has 32 heavy (non-hydrogen) atoms. The molecule has 3 aromatic rings. The van der Waals surface area contributed by atoms with Gasteiger partial charge in [0.25, 0.3) is 11.8 Å². The predicted octanol–water partition coefficient (Wildman–Crippen LogP) is 5.66. The third kappa shape index (κ3) is 5.06. The maximum Gasteiger partial charge on any atom is 0.348 e. The van der Waals surface area contributed by atoms with Gasteiger partial charge >= 0.3 is 5.97 Å². The van der Waals surface area contributed by atoms with Gasteiger partial charge in [-0.15, -0.1) is 11.3 Å². The van der Waals surface area contributed by atoms with E-state index in [1.165, 1.54) is 0 Å². The molecule has 0 aliphatic rings. The zero-order valence-electron chi connectivity index (χ0n) is 18.8. The number of carbonyl (C=O) groups is 3. The maximum atomic E-state index is 13.2. The van der Waals surface area contributed by atoms with Crippen molar-refractivity contribution in [3.8, 4) is 0 Å². The van der Waals surface area contributed by atoms with Crippen molar-refractivity contribution in [2.45, 2.75) is 34.6 Å². The maximum absolute atomic E-state index is 13.2. The number of ether oxygens (including phenoxy) is 1. The Morgan fingerprint density at radius 3 is 2.19 bits per heavy atom. The first-order valence-electron chi connectivity index (χ1n) is 10.3. The van der Waals surface area contributed by atoms with Crippen molar-refractivity contribution in [1.29, 1.82) is 0 Å². The molecule has 0 bridgehead atoms. The Morgan fingerprint density at radius 1 is 0.875 bits per heavy atom. The number of benzene rings is 2. The minimum Gasteiger partial charge on any atom is -0.462 e. The average Bonchev–Trinajstić information content (AvgIpc) is 3.07. The summed E-state index contributed by atoms with van der Waals surface area (Å²) in [5.74, 6) is -1.29. The molecule has 0 radical (unpaired) electrons. The lowest BCUT2D eigenvalue weighted by atomic mass is 10.1. The summed E-state index contributed by atoms with van der Waals surface area (Å²) >= 11 is 1.04. The molecule has 2 aromatic carbocycles. The first kappa shape index (κ1) is 23.2. The van der Waals surface area contributed by atoms with Crippen molar-refractivity contribution in [3.05, 3.63) is 80.7 Å². The Hall–Kier alpha value is -3.45. The number of hydrogen-bond donors (Lipinski definition) is 2. The van der Waals surface area contributed by atoms with Gasteiger partial charge in [-0.3, -0.25) is 9.59 Å². The van der Waals surface area contributed by atoms with Crippen LogP contribution in [0.1, 0.15) is 59.6 Å². The molecule has 0 unspecified atom stereocenters. The Bertz CT molecular complexity index is 1180. The van der Waals surface area contributed by atoms with Crippen LogP contribution in [0.15, 0.2) is 42.5 Å². The van der Waals surface area contributed by atoms with Crippen molar-refractivity contribution in [2.24, 2.45) is 0 Å². The van der Waals surface area contributed by atoms with E-state index in [1.807, 2.05) is 51.1 Å². The topological polar surface area (TPSA) is 84.5 Å². The van der Waals surface area contributed by atoms with Gasteiger partial charge in [-0.2, -0.15) is 0 Å². The second-order valence-corrected chi connectivity index (χ2v) is 8.57. The van der Waals surface area contributed by atoms with E-state index >= 15 is 0 Å². The fourth-order valence-electron chi connectivity index (χ4n) is 3.16. The Morgan fingerprint density at radius 2 is 1.56 bits per heavy atom. The van der Waals surface area contributed by atoms with E-state index in [-0.39, 0.29) is 23.0 Å². The molecule has 0 spiro atoms. The van der Waals surface area contributed by atoms with Crippen molar-refractivity contribution < 1.29 is 19.1 Å². The number of rotatable bonds is 6. The van der Waals surface area contributed by atoms with Gasteiger partial charge in [-0.25, -0.2) is 4.79 Å². The van der Waals surface area contributed by atoms with Gasteiger partial charge < -0.3 is 15.4 Å². The number of anilines is 2. The van der Waals surface area contributed by atoms with E-state index in [2.05, 4.69) is 10.6 Å². The van der Waals surface area contributed by atoms with Crippen molar-refractivity contribution >= 4 is 39.8 Å². The van der Waals surface area contributed by atoms with Gasteiger partial charge in [0.05, 0.1) is 12.2 Å². The summed E-state index contributed by atoms with van der Waals surface area (Å²) in [4.78, 5) is 38.7. The first-order chi connectivity index (χ1) is 15.2. The van der Waals surface area contributed by atoms with Gasteiger partial charge in [0.1, 0.15) is 9.88 Å². The van der Waals surface area contributed by atoms with Crippen LogP contribution in [0.2, 0.25) is 0 Å². The molecule has 1 heterocycles. The van der Waals surface area contributed by atoms with Crippen LogP contribution in [0.4, 0.5) is 10.7 Å². The molecule has 0 saturated heterocycles. The van der Waals surface area contributed by atoms with E-state index in [1.54, 1.807) is 26.0 Å². The number of hydrogen-bond acceptors (Lipinski definition) is 5. The molecule has 0 atom stereocenters. The first-order valence-corrected chi connectivity index (χ1v) is 11.1. The lowest BCUT2D eigenvalue weighted by molar-refractivity contribution is 0.0531. The van der Waals surface area contributed by atoms with Gasteiger partial charge in [0.15, 0.2) is 0 Å². The summed E-state index contributed by atoms with van der Waals surface area (Å²) < 4.78 is 5.13. The Labute approximate surface area is 191 Å². The molecule has 0 aliphatic heterocycles. The minimum atomic E-state index is -0.522. The van der Waals surface area contributed by atoms with Crippen LogP contribution in [0.5, 0.6) is 0 Å². The highest BCUT2D eigenvalue weighted by Crippen LogP contribution is 2.35. The van der Waals surface area contributed by atoms with Crippen molar-refractivity contribution in [3.63, 3.8) is 0 Å². The number of aryl methyl sites for hydroxylation is 3. The summed E-state index contributed by atoms with van der Waals surface area (Å²) in [6, 6.07) is 12.7. The van der Waals surface area contributed by atoms with Gasteiger partial charge in [0, 0.05) is 11.3 Å². The standard InChI is InChI=1S/C25H26N2O4S/c1-6-31-25(30)21-17(5)20(23(29)26-19-12-9-15(3)16(4)13-19)24(32-21)27-22(28)18-10-7-14(2)8-11-18/h7-13H,6H2,1-5H3,(H,26,29)(H,27,28). The van der Waals surface area contributed by atoms with Crippen molar-refractivity contribution in [2.75, 3.05) is 17.2 Å². The van der Waals surface area contributed by atoms with E-state index in [9.17, 15) is 14.4 Å². The average molecular weight is 451 g/mol. The molecule has 6 nitrogen and oxygen atoms in total. The van der Waals surface area contributed by atoms with Crippen LogP contribution in [0, 0.1) is 27.7 Å². The number of nitrogens with one attached hydrogen (secondary N) is 2. The third-order valence-corrected chi connectivity index (χ3v) is 6.33. The lowest BCUT2D eigenvalue weighted by Gasteiger charge is -2.10. The molecule has 2 amide bonds. The van der Waals surface area contributed by atoms with Gasteiger partial charge in [-0.05, 0) is 75.6 Å². The molecule has 7 heteroatoms. The van der Waals surface area contributed by atoms with Crippen LogP contribution >= 0.6 is 11.3 Å². The normalized spacial score (nSPS) is 10.5. The highest BCUT2D eigenvalue weighted by molar-refractivity contribution is 7.18. The molecule has 0 fully saturated rings. The monoisotopic (exact) mass is 450 g/mol. The van der Waals surface area contributed by atoms with Crippen LogP contribution in [0.3, 0.4) is 0 Å². The molecule has 2 N–H and O–H groups in total. The van der Waals surface area contributed by atoms with E-state index < -0.39 is 11.9 Å². The fraction of sp³-hybridized carbons (Fsp3) is 0.240. The predicted molar refractivity (Wildman–Crippen MR) is 128 cm³/mol. The Kier molecular flexibility index (Phi) is 7.10. The highest BCUT2D eigenvalue weighted by Gasteiger charge is 2.27. The van der Waals surface area contributed by atoms with Gasteiger partial charge in [-0.1, -0.05) is 23.8 Å². The van der Waals surface area contributed by atoms with Crippen LogP contribution in [0.25, 0.3) is 0 Å². The number of carbonyl (C=O) groups excluding carboxylic acids is 3. The SMILES string of the molecule is CCOC(=O)c1sc(NC(=O)c2ccc(C)cc2)c(C(=O)Nc2ccc(C)c(C)c2)c1C. The lowest BCUT2D eigenvalue weighted by Crippen LogP contribution is -2.18. The summed E-state index contributed by atoms with van der Waals surface area (Å²) in [6.07, 6.45) is 0. The molecule has 0 aliphatic carbocycles. The van der Waals surface area contributed by atoms with Gasteiger partial charge in [0.2, 0.25) is 0 Å². The zero-order chi connectivity index (χ0) is 23.4. The van der Waals surface area contributed by atoms with Crippen LogP contribution in [-0.2, 0) is 4.74 Å². The Balaban J connectivity index is 1.97. The van der Waals surface area contributed by atoms with E-state index in [4.69, 9.17) is 4.74 Å². The van der Waals surface area contributed by atoms with Crippen LogP contribution in [-0.4, -0.2) is 24.4 Å². The number of esters is 1. The zero-order valence-corrected chi connectivity index (χ0v) is 19.6. The summed E-state index contributed by atoms with van der Waals surface area (Å²) in [6.45, 7) is 9.51. The molecule has 0 saturated carbocycles. The molecule has 166 valence electrons. The van der Waals surface area contributed by atoms with E-state index in [0.717, 1.165) is 28.0 Å². The van der Waals surface area contributed by atoms with Crippen LogP contribution < -0.4 is 10.6 Å². The van der Waals surface area contributed by atoms with E-state index in [0.29, 0.717) is 21.8 Å². The smallest absolute Gasteiger partial charge is 0.348 e. The molecule has 1 aromatic heterocycles. The second-order valence-electron chi connectivity index (χ2n) is 7.55. The molecular weight excluding hydrogens is 424 g/mol. The minimum absolute atomic E-state index is 0.214. The second kappa shape index (κ2) is 9.78. The fourth-order valence-corrected chi connectivity index (χ4v) is 4.25.